The molecule has 0 fully saturated rings. The first kappa shape index (κ1) is 11.7. The summed E-state index contributed by atoms with van der Waals surface area (Å²) < 4.78 is 0. The maximum atomic E-state index is 11.1. The van der Waals surface area contributed by atoms with E-state index in [1.807, 2.05) is 25.1 Å². The molecule has 1 rings (SSSR count). The molecule has 76 valence electrons. The fourth-order valence-electron chi connectivity index (χ4n) is 1.26. The van der Waals surface area contributed by atoms with Crippen molar-refractivity contribution in [2.24, 2.45) is 0 Å². The molecule has 1 unspecified atom stereocenters. The maximum Gasteiger partial charge on any atom is 0.147 e. The zero-order valence-corrected chi connectivity index (χ0v) is 10.5. The molecule has 1 aromatic carbocycles. The van der Waals surface area contributed by atoms with Crippen LogP contribution in [0.1, 0.15) is 29.8 Å². The number of rotatable bonds is 3. The quantitative estimate of drug-likeness (QED) is 0.764. The average molecular weight is 276 g/mol. The molecule has 0 spiro atoms. The lowest BCUT2D eigenvalue weighted by molar-refractivity contribution is -0.116. The second-order valence-corrected chi connectivity index (χ2v) is 4.50. The van der Waals surface area contributed by atoms with Crippen LogP contribution in [0.25, 0.3) is 0 Å². The molecule has 0 aromatic heterocycles. The predicted molar refractivity (Wildman–Crippen MR) is 63.2 cm³/mol. The Morgan fingerprint density at radius 1 is 1.57 bits per heavy atom. The molecule has 1 nitrogen and oxygen atoms in total. The highest BCUT2D eigenvalue weighted by Gasteiger charge is 2.13. The number of alkyl halides is 1. The molecule has 0 saturated carbocycles. The van der Waals surface area contributed by atoms with Crippen LogP contribution in [0.15, 0.2) is 18.2 Å². The van der Waals surface area contributed by atoms with Crippen molar-refractivity contribution in [3.8, 4) is 0 Å². The molecule has 0 amide bonds. The van der Waals surface area contributed by atoms with Crippen LogP contribution in [0.5, 0.6) is 0 Å². The summed E-state index contributed by atoms with van der Waals surface area (Å²) in [4.78, 5) is 10.9. The van der Waals surface area contributed by atoms with Gasteiger partial charge in [0.2, 0.25) is 0 Å². The van der Waals surface area contributed by atoms with E-state index in [0.29, 0.717) is 0 Å². The molecule has 0 aliphatic rings. The van der Waals surface area contributed by atoms with Crippen molar-refractivity contribution >= 4 is 33.3 Å². The number of benzene rings is 1. The third kappa shape index (κ3) is 2.58. The Hall–Kier alpha value is -0.340. The van der Waals surface area contributed by atoms with E-state index in [2.05, 4.69) is 15.9 Å². The minimum Gasteiger partial charge on any atom is -0.298 e. The lowest BCUT2D eigenvalue weighted by Crippen LogP contribution is -2.01. The number of Topliss-reactive ketones (excluding diaryl/α,β-unsaturated/α-hetero) is 1. The van der Waals surface area contributed by atoms with Gasteiger partial charge in [-0.1, -0.05) is 46.6 Å². The van der Waals surface area contributed by atoms with Crippen molar-refractivity contribution in [1.82, 2.24) is 0 Å². The Balaban J connectivity index is 3.06. The van der Waals surface area contributed by atoms with Gasteiger partial charge in [-0.3, -0.25) is 4.79 Å². The van der Waals surface area contributed by atoms with Gasteiger partial charge in [0, 0.05) is 5.02 Å². The first-order chi connectivity index (χ1) is 6.56. The van der Waals surface area contributed by atoms with Gasteiger partial charge in [-0.2, -0.15) is 0 Å². The normalized spacial score (nSPS) is 12.6. The molecule has 0 aliphatic carbocycles. The number of carbonyl (C=O) groups excluding carboxylic acids is 1. The SMILES string of the molecule is CCc1cc(C(Br)C(C)=O)ccc1Cl. The third-order valence-corrected chi connectivity index (χ3v) is 3.64. The molecule has 1 aromatic rings. The molecule has 3 heteroatoms. The fraction of sp³-hybridized carbons (Fsp3) is 0.364. The number of hydrogen-bond donors (Lipinski definition) is 0. The first-order valence-electron chi connectivity index (χ1n) is 4.49. The smallest absolute Gasteiger partial charge is 0.147 e. The predicted octanol–water partition coefficient (Wildman–Crippen LogP) is 3.93. The highest BCUT2D eigenvalue weighted by Crippen LogP contribution is 2.27. The Kier molecular flexibility index (Phi) is 4.14. The Labute approximate surface area is 97.6 Å². The minimum atomic E-state index is -0.218. The van der Waals surface area contributed by atoms with Gasteiger partial charge in [-0.05, 0) is 30.5 Å². The van der Waals surface area contributed by atoms with Crippen LogP contribution in [0.2, 0.25) is 5.02 Å². The Morgan fingerprint density at radius 2 is 2.21 bits per heavy atom. The van der Waals surface area contributed by atoms with Gasteiger partial charge in [0.25, 0.3) is 0 Å². The van der Waals surface area contributed by atoms with E-state index in [-0.39, 0.29) is 10.6 Å². The lowest BCUT2D eigenvalue weighted by Gasteiger charge is -2.09. The van der Waals surface area contributed by atoms with E-state index in [1.54, 1.807) is 6.92 Å². The van der Waals surface area contributed by atoms with Crippen LogP contribution in [-0.2, 0) is 11.2 Å². The van der Waals surface area contributed by atoms with E-state index in [0.717, 1.165) is 22.6 Å². The van der Waals surface area contributed by atoms with E-state index >= 15 is 0 Å². The van der Waals surface area contributed by atoms with Gasteiger partial charge in [-0.15, -0.1) is 0 Å². The van der Waals surface area contributed by atoms with Crippen LogP contribution < -0.4 is 0 Å². The maximum absolute atomic E-state index is 11.1. The zero-order valence-electron chi connectivity index (χ0n) is 8.18. The van der Waals surface area contributed by atoms with Crippen molar-refractivity contribution < 1.29 is 4.79 Å². The van der Waals surface area contributed by atoms with E-state index in [9.17, 15) is 4.79 Å². The van der Waals surface area contributed by atoms with Crippen LogP contribution in [0, 0.1) is 0 Å². The number of halogens is 2. The molecule has 14 heavy (non-hydrogen) atoms. The third-order valence-electron chi connectivity index (χ3n) is 2.10. The van der Waals surface area contributed by atoms with Gasteiger partial charge < -0.3 is 0 Å². The fourth-order valence-corrected chi connectivity index (χ4v) is 1.79. The van der Waals surface area contributed by atoms with Crippen LogP contribution >= 0.6 is 27.5 Å². The summed E-state index contributed by atoms with van der Waals surface area (Å²) in [6.45, 7) is 3.61. The minimum absolute atomic E-state index is 0.106. The van der Waals surface area contributed by atoms with Gasteiger partial charge in [0.15, 0.2) is 0 Å². The van der Waals surface area contributed by atoms with Crippen LogP contribution in [-0.4, -0.2) is 5.78 Å². The summed E-state index contributed by atoms with van der Waals surface area (Å²) in [7, 11) is 0. The van der Waals surface area contributed by atoms with E-state index < -0.39 is 0 Å². The van der Waals surface area contributed by atoms with Crippen LogP contribution in [0.4, 0.5) is 0 Å². The van der Waals surface area contributed by atoms with Gasteiger partial charge in [-0.25, -0.2) is 0 Å². The largest absolute Gasteiger partial charge is 0.298 e. The van der Waals surface area contributed by atoms with Crippen molar-refractivity contribution in [2.75, 3.05) is 0 Å². The van der Waals surface area contributed by atoms with Crippen molar-refractivity contribution in [3.63, 3.8) is 0 Å². The number of hydrogen-bond acceptors (Lipinski definition) is 1. The van der Waals surface area contributed by atoms with E-state index in [1.165, 1.54) is 0 Å². The second-order valence-electron chi connectivity index (χ2n) is 3.18. The topological polar surface area (TPSA) is 17.1 Å². The van der Waals surface area contributed by atoms with Crippen molar-refractivity contribution in [1.29, 1.82) is 0 Å². The van der Waals surface area contributed by atoms with Gasteiger partial charge in [0.05, 0.1) is 4.83 Å². The van der Waals surface area contributed by atoms with Crippen molar-refractivity contribution in [3.05, 3.63) is 34.3 Å². The molecule has 0 heterocycles. The van der Waals surface area contributed by atoms with Gasteiger partial charge >= 0.3 is 0 Å². The Morgan fingerprint density at radius 3 is 2.71 bits per heavy atom. The molecule has 0 bridgehead atoms. The standard InChI is InChI=1S/C11H12BrClO/c1-3-8-6-9(4-5-10(8)13)11(12)7(2)14/h4-6,11H,3H2,1-2H3. The summed E-state index contributed by atoms with van der Waals surface area (Å²) in [5, 5.41) is 0.763. The van der Waals surface area contributed by atoms with Gasteiger partial charge in [0.1, 0.15) is 5.78 Å². The highest BCUT2D eigenvalue weighted by molar-refractivity contribution is 9.09. The molecule has 1 atom stereocenters. The summed E-state index contributed by atoms with van der Waals surface area (Å²) in [6.07, 6.45) is 0.879. The summed E-state index contributed by atoms with van der Waals surface area (Å²) >= 11 is 9.33. The molecule has 0 aliphatic heterocycles. The molecular weight excluding hydrogens is 263 g/mol. The molecule has 0 saturated heterocycles. The lowest BCUT2D eigenvalue weighted by atomic mass is 10.0. The van der Waals surface area contributed by atoms with Crippen LogP contribution in [0.3, 0.4) is 0 Å². The van der Waals surface area contributed by atoms with E-state index in [4.69, 9.17) is 11.6 Å². The first-order valence-corrected chi connectivity index (χ1v) is 5.78. The summed E-state index contributed by atoms with van der Waals surface area (Å²) in [6, 6.07) is 5.69. The summed E-state index contributed by atoms with van der Waals surface area (Å²) in [5.41, 5.74) is 2.05. The monoisotopic (exact) mass is 274 g/mol. The summed E-state index contributed by atoms with van der Waals surface area (Å²) in [5.74, 6) is 0.106. The molecule has 0 N–H and O–H groups in total. The number of aryl methyl sites for hydroxylation is 1. The van der Waals surface area contributed by atoms with Crippen molar-refractivity contribution in [2.45, 2.75) is 25.1 Å². The zero-order chi connectivity index (χ0) is 10.7. The number of carbonyl (C=O) groups is 1. The average Bonchev–Trinajstić information content (AvgIpc) is 2.17. The molecule has 0 radical (unpaired) electrons. The Bertz CT molecular complexity index is 349. The number of ketones is 1. The molecular formula is C11H12BrClO. The second kappa shape index (κ2) is 4.94. The highest BCUT2D eigenvalue weighted by atomic mass is 79.9.